The smallest absolute Gasteiger partial charge is 0.407 e. The SMILES string of the molecule is CCCCCCCCOC(=O)NCCCCCCCCCCNC(=O)OCCCCCCCC. The maximum atomic E-state index is 11.6. The maximum absolute atomic E-state index is 11.6. The predicted molar refractivity (Wildman–Crippen MR) is 142 cm³/mol. The Hall–Kier alpha value is -1.46. The Labute approximate surface area is 210 Å². The van der Waals surface area contributed by atoms with Crippen LogP contribution in [0.15, 0.2) is 0 Å². The van der Waals surface area contributed by atoms with E-state index in [1.54, 1.807) is 0 Å². The molecule has 6 heteroatoms. The Morgan fingerprint density at radius 1 is 0.441 bits per heavy atom. The van der Waals surface area contributed by atoms with Crippen molar-refractivity contribution in [2.24, 2.45) is 0 Å². The Morgan fingerprint density at radius 2 is 0.735 bits per heavy atom. The van der Waals surface area contributed by atoms with Gasteiger partial charge >= 0.3 is 12.2 Å². The van der Waals surface area contributed by atoms with E-state index in [0.29, 0.717) is 26.3 Å². The van der Waals surface area contributed by atoms with E-state index in [-0.39, 0.29) is 12.2 Å². The fourth-order valence-corrected chi connectivity index (χ4v) is 3.89. The Bertz CT molecular complexity index is 406. The van der Waals surface area contributed by atoms with Gasteiger partial charge in [0.25, 0.3) is 0 Å². The molecule has 0 aliphatic carbocycles. The lowest BCUT2D eigenvalue weighted by atomic mass is 10.1. The second kappa shape index (κ2) is 27.8. The molecule has 0 spiro atoms. The topological polar surface area (TPSA) is 76.7 Å². The van der Waals surface area contributed by atoms with E-state index in [2.05, 4.69) is 24.5 Å². The van der Waals surface area contributed by atoms with E-state index >= 15 is 0 Å². The highest BCUT2D eigenvalue weighted by molar-refractivity contribution is 5.67. The first-order chi connectivity index (χ1) is 16.7. The molecule has 0 saturated heterocycles. The molecule has 0 rings (SSSR count). The lowest BCUT2D eigenvalue weighted by Gasteiger charge is -2.08. The molecular formula is C28H56N2O4. The first-order valence-corrected chi connectivity index (χ1v) is 14.5. The molecule has 0 aliphatic heterocycles. The third kappa shape index (κ3) is 26.8. The molecule has 2 amide bonds. The Kier molecular flexibility index (Phi) is 26.6. The Balaban J connectivity index is 3.22. The molecule has 0 radical (unpaired) electrons. The van der Waals surface area contributed by atoms with Crippen molar-refractivity contribution in [2.75, 3.05) is 26.3 Å². The zero-order valence-corrected chi connectivity index (χ0v) is 22.6. The van der Waals surface area contributed by atoms with Crippen LogP contribution in [0.4, 0.5) is 9.59 Å². The second-order valence-corrected chi connectivity index (χ2v) is 9.49. The number of unbranched alkanes of at least 4 members (excludes halogenated alkanes) is 17. The molecule has 0 fully saturated rings. The second-order valence-electron chi connectivity index (χ2n) is 9.49. The summed E-state index contributed by atoms with van der Waals surface area (Å²) in [6, 6.07) is 0. The van der Waals surface area contributed by atoms with Crippen molar-refractivity contribution < 1.29 is 19.1 Å². The standard InChI is InChI=1S/C28H56N2O4/c1-3-5-7-9-17-21-25-33-27(31)29-23-19-15-13-11-12-14-16-20-24-30-28(32)34-26-22-18-10-8-6-4-2/h3-26H2,1-2H3,(H,29,31)(H,30,32). The minimum absolute atomic E-state index is 0.270. The molecule has 202 valence electrons. The lowest BCUT2D eigenvalue weighted by Crippen LogP contribution is -2.25. The van der Waals surface area contributed by atoms with Crippen LogP contribution < -0.4 is 10.6 Å². The largest absolute Gasteiger partial charge is 0.450 e. The van der Waals surface area contributed by atoms with Gasteiger partial charge in [-0.15, -0.1) is 0 Å². The van der Waals surface area contributed by atoms with Gasteiger partial charge in [-0.3, -0.25) is 0 Å². The maximum Gasteiger partial charge on any atom is 0.407 e. The van der Waals surface area contributed by atoms with Crippen LogP contribution in [0, 0.1) is 0 Å². The summed E-state index contributed by atoms with van der Waals surface area (Å²) in [5.74, 6) is 0. The molecule has 0 aliphatic rings. The molecule has 0 aromatic heterocycles. The highest BCUT2D eigenvalue weighted by Crippen LogP contribution is 2.09. The number of ether oxygens (including phenoxy) is 2. The highest BCUT2D eigenvalue weighted by Gasteiger charge is 2.02. The van der Waals surface area contributed by atoms with Crippen molar-refractivity contribution in [3.05, 3.63) is 0 Å². The van der Waals surface area contributed by atoms with Crippen molar-refractivity contribution in [3.8, 4) is 0 Å². The van der Waals surface area contributed by atoms with Gasteiger partial charge in [0.1, 0.15) is 0 Å². The first kappa shape index (κ1) is 32.5. The van der Waals surface area contributed by atoms with Crippen LogP contribution in [-0.2, 0) is 9.47 Å². The van der Waals surface area contributed by atoms with Crippen molar-refractivity contribution in [1.82, 2.24) is 10.6 Å². The molecule has 0 heterocycles. The summed E-state index contributed by atoms with van der Waals surface area (Å²) in [6.07, 6.45) is 23.1. The third-order valence-electron chi connectivity index (χ3n) is 6.10. The number of amides is 2. The van der Waals surface area contributed by atoms with Crippen LogP contribution >= 0.6 is 0 Å². The van der Waals surface area contributed by atoms with E-state index in [1.807, 2.05) is 0 Å². The average molecular weight is 485 g/mol. The van der Waals surface area contributed by atoms with E-state index in [0.717, 1.165) is 51.4 Å². The van der Waals surface area contributed by atoms with Gasteiger partial charge < -0.3 is 20.1 Å². The zero-order chi connectivity index (χ0) is 25.0. The Morgan fingerprint density at radius 3 is 1.09 bits per heavy atom. The van der Waals surface area contributed by atoms with Gasteiger partial charge in [-0.2, -0.15) is 0 Å². The van der Waals surface area contributed by atoms with E-state index < -0.39 is 0 Å². The fraction of sp³-hybridized carbons (Fsp3) is 0.929. The van der Waals surface area contributed by atoms with Gasteiger partial charge in [-0.05, 0) is 25.7 Å². The number of rotatable bonds is 25. The van der Waals surface area contributed by atoms with Crippen LogP contribution in [0.25, 0.3) is 0 Å². The van der Waals surface area contributed by atoms with E-state index in [4.69, 9.17) is 9.47 Å². The molecule has 0 saturated carbocycles. The first-order valence-electron chi connectivity index (χ1n) is 14.5. The number of alkyl carbamates (subject to hydrolysis) is 2. The van der Waals surface area contributed by atoms with Gasteiger partial charge in [-0.1, -0.05) is 117 Å². The summed E-state index contributed by atoms with van der Waals surface area (Å²) in [6.45, 7) is 6.91. The predicted octanol–water partition coefficient (Wildman–Crippen LogP) is 8.28. The van der Waals surface area contributed by atoms with Gasteiger partial charge in [0, 0.05) is 13.1 Å². The monoisotopic (exact) mass is 484 g/mol. The summed E-state index contributed by atoms with van der Waals surface area (Å²) in [4.78, 5) is 23.2. The number of hydrogen-bond donors (Lipinski definition) is 2. The summed E-state index contributed by atoms with van der Waals surface area (Å²) in [5, 5.41) is 5.70. The van der Waals surface area contributed by atoms with E-state index in [1.165, 1.54) is 77.0 Å². The van der Waals surface area contributed by atoms with Crippen LogP contribution in [0.1, 0.15) is 142 Å². The number of hydrogen-bond acceptors (Lipinski definition) is 4. The highest BCUT2D eigenvalue weighted by atomic mass is 16.6. The van der Waals surface area contributed by atoms with Gasteiger partial charge in [0.15, 0.2) is 0 Å². The molecule has 0 aromatic carbocycles. The molecule has 6 nitrogen and oxygen atoms in total. The van der Waals surface area contributed by atoms with Crippen molar-refractivity contribution >= 4 is 12.2 Å². The van der Waals surface area contributed by atoms with Gasteiger partial charge in [0.05, 0.1) is 13.2 Å². The molecular weight excluding hydrogens is 428 g/mol. The molecule has 0 unspecified atom stereocenters. The van der Waals surface area contributed by atoms with Crippen LogP contribution in [0.5, 0.6) is 0 Å². The van der Waals surface area contributed by atoms with Crippen molar-refractivity contribution in [1.29, 1.82) is 0 Å². The number of carbonyl (C=O) groups is 2. The minimum Gasteiger partial charge on any atom is -0.450 e. The fourth-order valence-electron chi connectivity index (χ4n) is 3.89. The summed E-state index contributed by atoms with van der Waals surface area (Å²) in [5.41, 5.74) is 0. The lowest BCUT2D eigenvalue weighted by molar-refractivity contribution is 0.142. The van der Waals surface area contributed by atoms with Gasteiger partial charge in [0.2, 0.25) is 0 Å². The molecule has 34 heavy (non-hydrogen) atoms. The average Bonchev–Trinajstić information content (AvgIpc) is 2.83. The summed E-state index contributed by atoms with van der Waals surface area (Å²) >= 11 is 0. The van der Waals surface area contributed by atoms with E-state index in [9.17, 15) is 9.59 Å². The quantitative estimate of drug-likeness (QED) is 0.128. The minimum atomic E-state index is -0.270. The van der Waals surface area contributed by atoms with Crippen LogP contribution in [-0.4, -0.2) is 38.5 Å². The van der Waals surface area contributed by atoms with Crippen molar-refractivity contribution in [2.45, 2.75) is 142 Å². The van der Waals surface area contributed by atoms with Crippen LogP contribution in [0.2, 0.25) is 0 Å². The molecule has 2 N–H and O–H groups in total. The molecule has 0 aromatic rings. The zero-order valence-electron chi connectivity index (χ0n) is 22.6. The normalized spacial score (nSPS) is 10.8. The summed E-state index contributed by atoms with van der Waals surface area (Å²) < 4.78 is 10.4. The number of nitrogens with one attached hydrogen (secondary N) is 2. The molecule has 0 atom stereocenters. The number of carbonyl (C=O) groups excluding carboxylic acids is 2. The molecule has 0 bridgehead atoms. The van der Waals surface area contributed by atoms with Gasteiger partial charge in [-0.25, -0.2) is 9.59 Å². The summed E-state index contributed by atoms with van der Waals surface area (Å²) in [7, 11) is 0. The van der Waals surface area contributed by atoms with Crippen molar-refractivity contribution in [3.63, 3.8) is 0 Å². The van der Waals surface area contributed by atoms with Crippen LogP contribution in [0.3, 0.4) is 0 Å². The third-order valence-corrected chi connectivity index (χ3v) is 6.10.